The molecule has 0 saturated carbocycles. The first kappa shape index (κ1) is 26.7. The quantitative estimate of drug-likeness (QED) is 0.203. The number of aromatic nitrogens is 3. The van der Waals surface area contributed by atoms with Crippen molar-refractivity contribution in [2.24, 2.45) is 0 Å². The third-order valence-electron chi connectivity index (χ3n) is 8.44. The molecular formula is C41H29N3O. The molecule has 0 spiro atoms. The minimum Gasteiger partial charge on any atom is -0.456 e. The summed E-state index contributed by atoms with van der Waals surface area (Å²) >= 11 is 0. The van der Waals surface area contributed by atoms with Crippen LogP contribution in [-0.4, -0.2) is 15.0 Å². The maximum absolute atomic E-state index is 6.39. The fourth-order valence-corrected chi connectivity index (χ4v) is 6.09. The molecule has 8 rings (SSSR count). The van der Waals surface area contributed by atoms with Gasteiger partial charge in [0.25, 0.3) is 0 Å². The molecule has 0 atom stereocenters. The summed E-state index contributed by atoms with van der Waals surface area (Å²) in [6.07, 6.45) is 0. The van der Waals surface area contributed by atoms with Crippen LogP contribution in [0.5, 0.6) is 0 Å². The summed E-state index contributed by atoms with van der Waals surface area (Å²) in [5.41, 5.74) is 11.7. The van der Waals surface area contributed by atoms with Crippen LogP contribution in [0.2, 0.25) is 0 Å². The Labute approximate surface area is 261 Å². The monoisotopic (exact) mass is 579 g/mol. The Morgan fingerprint density at radius 1 is 0.400 bits per heavy atom. The lowest BCUT2D eigenvalue weighted by Gasteiger charge is -2.12. The van der Waals surface area contributed by atoms with Crippen LogP contribution >= 0.6 is 0 Å². The summed E-state index contributed by atoms with van der Waals surface area (Å²) in [5.74, 6) is 1.88. The van der Waals surface area contributed by atoms with Crippen LogP contribution in [0.1, 0.15) is 11.1 Å². The van der Waals surface area contributed by atoms with Crippen molar-refractivity contribution in [2.45, 2.75) is 13.8 Å². The van der Waals surface area contributed by atoms with E-state index in [2.05, 4.69) is 80.6 Å². The molecule has 0 amide bonds. The number of aryl methyl sites for hydroxylation is 2. The summed E-state index contributed by atoms with van der Waals surface area (Å²) in [6, 6.07) is 47.9. The molecule has 214 valence electrons. The van der Waals surface area contributed by atoms with E-state index < -0.39 is 0 Å². The predicted molar refractivity (Wildman–Crippen MR) is 184 cm³/mol. The fraction of sp³-hybridized carbons (Fsp3) is 0.0488. The average Bonchev–Trinajstić information content (AvgIpc) is 3.48. The molecule has 2 aromatic heterocycles. The number of furan rings is 1. The van der Waals surface area contributed by atoms with Gasteiger partial charge in [-0.2, -0.15) is 0 Å². The Morgan fingerprint density at radius 3 is 1.69 bits per heavy atom. The zero-order valence-electron chi connectivity index (χ0n) is 25.0. The smallest absolute Gasteiger partial charge is 0.164 e. The van der Waals surface area contributed by atoms with Crippen molar-refractivity contribution < 1.29 is 4.42 Å². The second-order valence-electron chi connectivity index (χ2n) is 11.4. The molecule has 0 bridgehead atoms. The molecule has 0 aliphatic heterocycles. The van der Waals surface area contributed by atoms with Crippen LogP contribution in [0.4, 0.5) is 0 Å². The normalized spacial score (nSPS) is 11.3. The van der Waals surface area contributed by atoms with Crippen molar-refractivity contribution >= 4 is 21.9 Å². The highest BCUT2D eigenvalue weighted by molar-refractivity contribution is 6.12. The molecule has 0 saturated heterocycles. The van der Waals surface area contributed by atoms with E-state index in [9.17, 15) is 0 Å². The van der Waals surface area contributed by atoms with Gasteiger partial charge in [0.15, 0.2) is 17.5 Å². The van der Waals surface area contributed by atoms with Crippen molar-refractivity contribution in [3.8, 4) is 56.4 Å². The minimum atomic E-state index is 0.610. The lowest BCUT2D eigenvalue weighted by atomic mass is 9.92. The van der Waals surface area contributed by atoms with E-state index in [4.69, 9.17) is 19.4 Å². The third-order valence-corrected chi connectivity index (χ3v) is 8.44. The van der Waals surface area contributed by atoms with Crippen molar-refractivity contribution in [1.29, 1.82) is 0 Å². The molecule has 0 aliphatic carbocycles. The summed E-state index contributed by atoms with van der Waals surface area (Å²) in [7, 11) is 0. The number of hydrogen-bond acceptors (Lipinski definition) is 4. The molecule has 45 heavy (non-hydrogen) atoms. The highest BCUT2D eigenvalue weighted by Crippen LogP contribution is 2.39. The lowest BCUT2D eigenvalue weighted by Crippen LogP contribution is -2.00. The molecule has 0 N–H and O–H groups in total. The van der Waals surface area contributed by atoms with Gasteiger partial charge in [0.05, 0.1) is 0 Å². The zero-order valence-corrected chi connectivity index (χ0v) is 25.0. The molecule has 2 heterocycles. The standard InChI is InChI=1S/C41H29N3O/c1-26-12-9-10-17-32(26)34-24-30(21-20-27(34)2)31-22-23-36-35(25-31)38-33(18-11-19-37(38)45-36)41-43-39(28-13-5-3-6-14-28)42-40(44-41)29-15-7-4-8-16-29/h3-25H,1-2H3. The van der Waals surface area contributed by atoms with E-state index in [1.165, 1.54) is 22.3 Å². The molecule has 4 nitrogen and oxygen atoms in total. The van der Waals surface area contributed by atoms with E-state index >= 15 is 0 Å². The van der Waals surface area contributed by atoms with Crippen molar-refractivity contribution in [3.63, 3.8) is 0 Å². The summed E-state index contributed by atoms with van der Waals surface area (Å²) in [4.78, 5) is 14.9. The van der Waals surface area contributed by atoms with Gasteiger partial charge in [0.2, 0.25) is 0 Å². The van der Waals surface area contributed by atoms with Gasteiger partial charge >= 0.3 is 0 Å². The Balaban J connectivity index is 1.32. The molecule has 0 unspecified atom stereocenters. The molecular weight excluding hydrogens is 550 g/mol. The summed E-state index contributed by atoms with van der Waals surface area (Å²) in [5, 5.41) is 2.02. The van der Waals surface area contributed by atoms with Crippen LogP contribution in [0.15, 0.2) is 144 Å². The van der Waals surface area contributed by atoms with Gasteiger partial charge in [-0.25, -0.2) is 15.0 Å². The van der Waals surface area contributed by atoms with E-state index in [0.29, 0.717) is 17.5 Å². The van der Waals surface area contributed by atoms with E-state index in [1.54, 1.807) is 0 Å². The molecule has 0 fully saturated rings. The average molecular weight is 580 g/mol. The highest BCUT2D eigenvalue weighted by Gasteiger charge is 2.18. The van der Waals surface area contributed by atoms with Crippen molar-refractivity contribution in [3.05, 3.63) is 151 Å². The second kappa shape index (κ2) is 11.0. The zero-order chi connectivity index (χ0) is 30.3. The number of fused-ring (bicyclic) bond motifs is 3. The maximum atomic E-state index is 6.39. The first-order valence-corrected chi connectivity index (χ1v) is 15.1. The van der Waals surface area contributed by atoms with Gasteiger partial charge in [-0.1, -0.05) is 115 Å². The number of hydrogen-bond donors (Lipinski definition) is 0. The molecule has 8 aromatic rings. The van der Waals surface area contributed by atoms with Crippen LogP contribution in [0.25, 0.3) is 78.4 Å². The van der Waals surface area contributed by atoms with Crippen LogP contribution < -0.4 is 0 Å². The molecule has 0 radical (unpaired) electrons. The van der Waals surface area contributed by atoms with Gasteiger partial charge < -0.3 is 4.42 Å². The number of rotatable bonds is 5. The van der Waals surface area contributed by atoms with Gasteiger partial charge in [-0.05, 0) is 71.5 Å². The number of benzene rings is 6. The van der Waals surface area contributed by atoms with Gasteiger partial charge in [-0.15, -0.1) is 0 Å². The van der Waals surface area contributed by atoms with Gasteiger partial charge in [0.1, 0.15) is 11.2 Å². The Bertz CT molecular complexity index is 2280. The SMILES string of the molecule is Cc1ccccc1-c1cc(-c2ccc3oc4cccc(-c5nc(-c6ccccc6)nc(-c6ccccc6)n5)c4c3c2)ccc1C. The minimum absolute atomic E-state index is 0.610. The van der Waals surface area contributed by atoms with Crippen molar-refractivity contribution in [1.82, 2.24) is 15.0 Å². The highest BCUT2D eigenvalue weighted by atomic mass is 16.3. The Morgan fingerprint density at radius 2 is 0.978 bits per heavy atom. The topological polar surface area (TPSA) is 51.8 Å². The molecule has 6 aromatic carbocycles. The van der Waals surface area contributed by atoms with Gasteiger partial charge in [-0.3, -0.25) is 0 Å². The number of nitrogens with zero attached hydrogens (tertiary/aromatic N) is 3. The first-order chi connectivity index (χ1) is 22.1. The van der Waals surface area contributed by atoms with Crippen LogP contribution in [0, 0.1) is 13.8 Å². The van der Waals surface area contributed by atoms with E-state index in [0.717, 1.165) is 49.8 Å². The summed E-state index contributed by atoms with van der Waals surface area (Å²) in [6.45, 7) is 4.34. The fourth-order valence-electron chi connectivity index (χ4n) is 6.09. The molecule has 0 aliphatic rings. The maximum Gasteiger partial charge on any atom is 0.164 e. The van der Waals surface area contributed by atoms with Crippen molar-refractivity contribution in [2.75, 3.05) is 0 Å². The largest absolute Gasteiger partial charge is 0.456 e. The first-order valence-electron chi connectivity index (χ1n) is 15.1. The second-order valence-corrected chi connectivity index (χ2v) is 11.4. The van der Waals surface area contributed by atoms with Crippen LogP contribution in [-0.2, 0) is 0 Å². The Kier molecular flexibility index (Phi) is 6.54. The third kappa shape index (κ3) is 4.87. The van der Waals surface area contributed by atoms with Crippen LogP contribution in [0.3, 0.4) is 0 Å². The lowest BCUT2D eigenvalue weighted by molar-refractivity contribution is 0.669. The molecule has 4 heteroatoms. The predicted octanol–water partition coefficient (Wildman–Crippen LogP) is 10.7. The Hall–Kier alpha value is -5.87. The van der Waals surface area contributed by atoms with E-state index in [-0.39, 0.29) is 0 Å². The summed E-state index contributed by atoms with van der Waals surface area (Å²) < 4.78 is 6.39. The van der Waals surface area contributed by atoms with Gasteiger partial charge in [0, 0.05) is 27.5 Å². The van der Waals surface area contributed by atoms with E-state index in [1.807, 2.05) is 72.8 Å².